The zero-order chi connectivity index (χ0) is 20.5. The molecule has 0 aliphatic carbocycles. The summed E-state index contributed by atoms with van der Waals surface area (Å²) in [6.07, 6.45) is 1.98. The average molecular weight is 422 g/mol. The van der Waals surface area contributed by atoms with Crippen molar-refractivity contribution in [3.8, 4) is 22.6 Å². The van der Waals surface area contributed by atoms with Crippen LogP contribution in [0, 0.1) is 0 Å². The molecule has 4 aromatic rings. The van der Waals surface area contributed by atoms with E-state index in [1.54, 1.807) is 0 Å². The van der Waals surface area contributed by atoms with Crippen LogP contribution in [0.2, 0.25) is 5.02 Å². The molecule has 0 saturated carbocycles. The van der Waals surface area contributed by atoms with E-state index in [9.17, 15) is 0 Å². The summed E-state index contributed by atoms with van der Waals surface area (Å²) >= 11 is 6.93. The Labute approximate surface area is 180 Å². The fraction of sp³-hybridized carbons (Fsp3) is 0.318. The summed E-state index contributed by atoms with van der Waals surface area (Å²) < 4.78 is 3.95. The number of rotatable bonds is 5. The van der Waals surface area contributed by atoms with Gasteiger partial charge < -0.3 is 9.88 Å². The van der Waals surface area contributed by atoms with Gasteiger partial charge in [-0.2, -0.15) is 5.10 Å². The molecule has 0 bridgehead atoms. The van der Waals surface area contributed by atoms with Gasteiger partial charge in [0.15, 0.2) is 5.65 Å². The molecule has 3 aromatic heterocycles. The van der Waals surface area contributed by atoms with Gasteiger partial charge in [0.2, 0.25) is 0 Å². The Hall–Kier alpha value is -2.74. The Morgan fingerprint density at radius 1 is 0.967 bits per heavy atom. The maximum Gasteiger partial charge on any atom is 0.182 e. The lowest BCUT2D eigenvalue weighted by molar-refractivity contribution is 0.230. The van der Waals surface area contributed by atoms with E-state index in [0.29, 0.717) is 10.7 Å². The molecule has 0 radical (unpaired) electrons. The minimum absolute atomic E-state index is 0.592. The highest BCUT2D eigenvalue weighted by Gasteiger charge is 2.22. The number of hydrogen-bond acceptors (Lipinski definition) is 5. The zero-order valence-corrected chi connectivity index (χ0v) is 17.7. The van der Waals surface area contributed by atoms with Gasteiger partial charge >= 0.3 is 0 Å². The van der Waals surface area contributed by atoms with Crippen LogP contribution in [0.15, 0.2) is 48.7 Å². The highest BCUT2D eigenvalue weighted by atomic mass is 35.5. The molecule has 154 valence electrons. The van der Waals surface area contributed by atoms with Crippen LogP contribution in [0.25, 0.3) is 33.7 Å². The Kier molecular flexibility index (Phi) is 5.25. The zero-order valence-electron chi connectivity index (χ0n) is 16.9. The van der Waals surface area contributed by atoms with Gasteiger partial charge in [-0.1, -0.05) is 41.9 Å². The molecule has 1 N–H and O–H groups in total. The first kappa shape index (κ1) is 19.2. The number of aryl methyl sites for hydroxylation is 1. The van der Waals surface area contributed by atoms with Crippen LogP contribution >= 0.6 is 11.6 Å². The van der Waals surface area contributed by atoms with E-state index >= 15 is 0 Å². The first-order valence-corrected chi connectivity index (χ1v) is 10.6. The van der Waals surface area contributed by atoms with Crippen molar-refractivity contribution < 1.29 is 0 Å². The van der Waals surface area contributed by atoms with Crippen LogP contribution < -0.4 is 5.32 Å². The van der Waals surface area contributed by atoms with Crippen LogP contribution in [0.4, 0.5) is 0 Å². The van der Waals surface area contributed by atoms with Gasteiger partial charge in [-0.25, -0.2) is 4.68 Å². The number of fused-ring (bicyclic) bond motifs is 1. The lowest BCUT2D eigenvalue weighted by Crippen LogP contribution is -2.44. The van der Waals surface area contributed by atoms with Crippen LogP contribution in [0.1, 0.15) is 0 Å². The maximum absolute atomic E-state index is 6.93. The molecule has 1 saturated heterocycles. The van der Waals surface area contributed by atoms with Crippen molar-refractivity contribution >= 4 is 22.6 Å². The lowest BCUT2D eigenvalue weighted by Gasteiger charge is -2.26. The van der Waals surface area contributed by atoms with Crippen LogP contribution in [0.5, 0.6) is 0 Å². The first-order chi connectivity index (χ1) is 14.7. The van der Waals surface area contributed by atoms with Gasteiger partial charge in [-0.15, -0.1) is 10.2 Å². The number of halogens is 1. The third kappa shape index (κ3) is 3.49. The predicted molar refractivity (Wildman–Crippen MR) is 119 cm³/mol. The summed E-state index contributed by atoms with van der Waals surface area (Å²) in [7, 11) is 1.98. The predicted octanol–water partition coefficient (Wildman–Crippen LogP) is 3.06. The SMILES string of the molecule is Cn1cccc1-c1nnc2c(c(-c3ccccc3)nn2CCN2CCNCC2)c1Cl. The van der Waals surface area contributed by atoms with E-state index in [-0.39, 0.29) is 0 Å². The van der Waals surface area contributed by atoms with E-state index in [1.807, 2.05) is 52.8 Å². The average Bonchev–Trinajstić information content (AvgIpc) is 3.38. The minimum Gasteiger partial charge on any atom is -0.349 e. The van der Waals surface area contributed by atoms with Gasteiger partial charge in [0.1, 0.15) is 11.4 Å². The Morgan fingerprint density at radius 2 is 1.77 bits per heavy atom. The summed E-state index contributed by atoms with van der Waals surface area (Å²) in [5.74, 6) is 0. The molecule has 0 spiro atoms. The third-order valence-corrected chi connectivity index (χ3v) is 6.04. The van der Waals surface area contributed by atoms with E-state index in [1.165, 1.54) is 0 Å². The molecule has 1 aliphatic rings. The van der Waals surface area contributed by atoms with Crippen molar-refractivity contribution in [2.45, 2.75) is 6.54 Å². The Morgan fingerprint density at radius 3 is 2.50 bits per heavy atom. The van der Waals surface area contributed by atoms with Gasteiger partial charge in [-0.3, -0.25) is 4.90 Å². The second-order valence-electron chi connectivity index (χ2n) is 7.59. The second-order valence-corrected chi connectivity index (χ2v) is 7.97. The number of nitrogens with zero attached hydrogens (tertiary/aromatic N) is 6. The van der Waals surface area contributed by atoms with Crippen molar-refractivity contribution in [2.75, 3.05) is 32.7 Å². The number of benzene rings is 1. The molecule has 7 nitrogen and oxygen atoms in total. The number of hydrogen-bond donors (Lipinski definition) is 1. The molecule has 1 aromatic carbocycles. The molecular formula is C22H24ClN7. The van der Waals surface area contributed by atoms with E-state index in [2.05, 4.69) is 32.5 Å². The maximum atomic E-state index is 6.93. The molecular weight excluding hydrogens is 398 g/mol. The van der Waals surface area contributed by atoms with E-state index in [0.717, 1.165) is 67.3 Å². The minimum atomic E-state index is 0.592. The molecule has 4 heterocycles. The smallest absolute Gasteiger partial charge is 0.182 e. The molecule has 1 aliphatic heterocycles. The Bertz CT molecular complexity index is 1160. The van der Waals surface area contributed by atoms with E-state index < -0.39 is 0 Å². The van der Waals surface area contributed by atoms with Crippen molar-refractivity contribution in [3.63, 3.8) is 0 Å². The molecule has 1 fully saturated rings. The van der Waals surface area contributed by atoms with Crippen molar-refractivity contribution in [1.29, 1.82) is 0 Å². The summed E-state index contributed by atoms with van der Waals surface area (Å²) in [5, 5.41) is 18.8. The molecule has 30 heavy (non-hydrogen) atoms. The van der Waals surface area contributed by atoms with Crippen LogP contribution in [0.3, 0.4) is 0 Å². The van der Waals surface area contributed by atoms with Crippen LogP contribution in [-0.2, 0) is 13.6 Å². The normalized spacial score (nSPS) is 15.1. The number of aromatic nitrogens is 5. The highest BCUT2D eigenvalue weighted by molar-refractivity contribution is 6.38. The Balaban J connectivity index is 1.61. The molecule has 0 unspecified atom stereocenters. The lowest BCUT2D eigenvalue weighted by atomic mass is 10.1. The van der Waals surface area contributed by atoms with E-state index in [4.69, 9.17) is 16.7 Å². The molecule has 8 heteroatoms. The first-order valence-electron chi connectivity index (χ1n) is 10.3. The molecule has 0 amide bonds. The van der Waals surface area contributed by atoms with Crippen LogP contribution in [-0.4, -0.2) is 62.2 Å². The third-order valence-electron chi connectivity index (χ3n) is 5.67. The molecule has 5 rings (SSSR count). The van der Waals surface area contributed by atoms with Gasteiger partial charge in [0, 0.05) is 51.5 Å². The van der Waals surface area contributed by atoms with Crippen molar-refractivity contribution in [1.82, 2.24) is 34.8 Å². The number of piperazine rings is 1. The van der Waals surface area contributed by atoms with Crippen molar-refractivity contribution in [2.24, 2.45) is 7.05 Å². The highest BCUT2D eigenvalue weighted by Crippen LogP contribution is 2.37. The van der Waals surface area contributed by atoms with Gasteiger partial charge in [0.05, 0.1) is 22.6 Å². The summed E-state index contributed by atoms with van der Waals surface area (Å²) in [6, 6.07) is 14.1. The van der Waals surface area contributed by atoms with Crippen molar-refractivity contribution in [3.05, 3.63) is 53.7 Å². The summed E-state index contributed by atoms with van der Waals surface area (Å²) in [4.78, 5) is 2.44. The standard InChI is InChI=1S/C22H24ClN7/c1-28-11-5-8-17(28)21-19(23)18-20(16-6-3-2-4-7-16)27-30(22(18)26-25-21)15-14-29-12-9-24-10-13-29/h2-8,11,24H,9-10,12-15H2,1H3. The largest absolute Gasteiger partial charge is 0.349 e. The second kappa shape index (κ2) is 8.18. The summed E-state index contributed by atoms with van der Waals surface area (Å²) in [6.45, 7) is 5.83. The van der Waals surface area contributed by atoms with Gasteiger partial charge in [-0.05, 0) is 12.1 Å². The number of nitrogens with one attached hydrogen (secondary N) is 1. The van der Waals surface area contributed by atoms with Gasteiger partial charge in [0.25, 0.3) is 0 Å². The summed E-state index contributed by atoms with van der Waals surface area (Å²) in [5.41, 5.74) is 4.21. The topological polar surface area (TPSA) is 63.8 Å². The fourth-order valence-electron chi connectivity index (χ4n) is 4.01. The quantitative estimate of drug-likeness (QED) is 0.536. The monoisotopic (exact) mass is 421 g/mol. The molecule has 0 atom stereocenters. The fourth-order valence-corrected chi connectivity index (χ4v) is 4.32.